The van der Waals surface area contributed by atoms with Crippen molar-refractivity contribution in [2.45, 2.75) is 13.5 Å². The van der Waals surface area contributed by atoms with Crippen LogP contribution in [-0.4, -0.2) is 9.67 Å². The normalized spacial score (nSPS) is 11.1. The molecule has 2 nitrogen and oxygen atoms in total. The Morgan fingerprint density at radius 2 is 1.33 bits per heavy atom. The molecule has 4 aromatic carbocycles. The number of fused-ring (bicyclic) bond motifs is 1. The molecule has 2 heteroatoms. The van der Waals surface area contributed by atoms with Gasteiger partial charge in [-0.05, 0) is 52.9 Å². The minimum absolute atomic E-state index is 0.286. The van der Waals surface area contributed by atoms with E-state index < -0.39 is 0 Å². The molecule has 0 saturated heterocycles. The maximum absolute atomic E-state index is 9.73. The molecule has 5 rings (SSSR count). The van der Waals surface area contributed by atoms with Crippen LogP contribution in [0.5, 0.6) is 5.75 Å². The molecule has 0 aliphatic carbocycles. The van der Waals surface area contributed by atoms with Crippen molar-refractivity contribution in [2.24, 2.45) is 0 Å². The van der Waals surface area contributed by atoms with Crippen LogP contribution >= 0.6 is 0 Å². The van der Waals surface area contributed by atoms with Gasteiger partial charge in [-0.2, -0.15) is 0 Å². The lowest BCUT2D eigenvalue weighted by Gasteiger charge is -2.12. The van der Waals surface area contributed by atoms with Gasteiger partial charge in [0.1, 0.15) is 5.75 Å². The summed E-state index contributed by atoms with van der Waals surface area (Å²) in [6.45, 7) is 3.03. The molecule has 1 aromatic heterocycles. The number of phenolic OH excluding ortho intramolecular Hbond substituents is 1. The number of phenols is 1. The van der Waals surface area contributed by atoms with E-state index in [1.54, 1.807) is 12.1 Å². The number of benzene rings is 4. The number of hydrogen-bond acceptors (Lipinski definition) is 1. The molecule has 0 aliphatic rings. The van der Waals surface area contributed by atoms with Crippen molar-refractivity contribution in [3.63, 3.8) is 0 Å². The van der Waals surface area contributed by atoms with Crippen molar-refractivity contribution >= 4 is 10.9 Å². The third kappa shape index (κ3) is 3.17. The predicted octanol–water partition coefficient (Wildman–Crippen LogP) is 7.04. The average molecular weight is 389 g/mol. The van der Waals surface area contributed by atoms with E-state index in [1.807, 2.05) is 12.1 Å². The Balaban J connectivity index is 1.80. The second-order valence-electron chi connectivity index (χ2n) is 7.66. The molecule has 0 bridgehead atoms. The molecule has 5 aromatic rings. The highest BCUT2D eigenvalue weighted by molar-refractivity contribution is 6.02. The summed E-state index contributed by atoms with van der Waals surface area (Å²) in [7, 11) is 0. The Hall–Kier alpha value is -3.78. The molecule has 1 heterocycles. The van der Waals surface area contributed by atoms with Gasteiger partial charge in [-0.15, -0.1) is 0 Å². The van der Waals surface area contributed by atoms with E-state index >= 15 is 0 Å². The quantitative estimate of drug-likeness (QED) is 0.350. The van der Waals surface area contributed by atoms with Gasteiger partial charge < -0.3 is 9.67 Å². The minimum atomic E-state index is 0.286. The van der Waals surface area contributed by atoms with Gasteiger partial charge in [-0.25, -0.2) is 0 Å². The van der Waals surface area contributed by atoms with Crippen LogP contribution in [0.15, 0.2) is 103 Å². The summed E-state index contributed by atoms with van der Waals surface area (Å²) in [6.07, 6.45) is 0. The molecule has 0 spiro atoms. The first-order valence-corrected chi connectivity index (χ1v) is 10.2. The molecular weight excluding hydrogens is 366 g/mol. The first-order valence-electron chi connectivity index (χ1n) is 10.2. The molecule has 30 heavy (non-hydrogen) atoms. The number of hydrogen-bond donors (Lipinski definition) is 1. The zero-order valence-corrected chi connectivity index (χ0v) is 16.9. The third-order valence-corrected chi connectivity index (χ3v) is 5.74. The molecule has 0 radical (unpaired) electrons. The summed E-state index contributed by atoms with van der Waals surface area (Å²) >= 11 is 0. The van der Waals surface area contributed by atoms with Gasteiger partial charge in [0.2, 0.25) is 0 Å². The van der Waals surface area contributed by atoms with Gasteiger partial charge in [-0.3, -0.25) is 0 Å². The molecule has 0 fully saturated rings. The number of rotatable bonds is 4. The third-order valence-electron chi connectivity index (χ3n) is 5.74. The van der Waals surface area contributed by atoms with E-state index in [2.05, 4.69) is 90.4 Å². The van der Waals surface area contributed by atoms with Crippen LogP contribution < -0.4 is 0 Å². The molecule has 0 amide bonds. The van der Waals surface area contributed by atoms with Crippen LogP contribution in [-0.2, 0) is 6.54 Å². The van der Waals surface area contributed by atoms with E-state index in [4.69, 9.17) is 0 Å². The molecule has 146 valence electrons. The fourth-order valence-electron chi connectivity index (χ4n) is 4.38. The average Bonchev–Trinajstić information content (AvgIpc) is 3.07. The largest absolute Gasteiger partial charge is 0.508 e. The lowest BCUT2D eigenvalue weighted by Crippen LogP contribution is -2.02. The summed E-state index contributed by atoms with van der Waals surface area (Å²) in [4.78, 5) is 0. The Morgan fingerprint density at radius 3 is 2.03 bits per heavy atom. The highest BCUT2D eigenvalue weighted by Gasteiger charge is 2.19. The predicted molar refractivity (Wildman–Crippen MR) is 125 cm³/mol. The standard InChI is InChI=1S/C28H23NO/c1-20-27-25(22-15-17-24(30)18-16-22)13-8-14-26(27)29(19-21-9-4-2-5-10-21)28(20)23-11-6-3-7-12-23/h2-18,30H,19H2,1H3. The molecular formula is C28H23NO. The van der Waals surface area contributed by atoms with Crippen LogP contribution in [0.1, 0.15) is 11.1 Å². The number of aromatic hydroxyl groups is 1. The van der Waals surface area contributed by atoms with Gasteiger partial charge in [0.25, 0.3) is 0 Å². The maximum Gasteiger partial charge on any atom is 0.115 e. The summed E-state index contributed by atoms with van der Waals surface area (Å²) in [5.41, 5.74) is 8.55. The van der Waals surface area contributed by atoms with E-state index in [0.29, 0.717) is 0 Å². The zero-order chi connectivity index (χ0) is 20.5. The lowest BCUT2D eigenvalue weighted by molar-refractivity contribution is 0.475. The van der Waals surface area contributed by atoms with Crippen molar-refractivity contribution in [3.05, 3.63) is 114 Å². The van der Waals surface area contributed by atoms with E-state index in [1.165, 1.54) is 38.9 Å². The van der Waals surface area contributed by atoms with Crippen molar-refractivity contribution in [2.75, 3.05) is 0 Å². The second-order valence-corrected chi connectivity index (χ2v) is 7.66. The Morgan fingerprint density at radius 1 is 0.667 bits per heavy atom. The topological polar surface area (TPSA) is 25.2 Å². The fourth-order valence-corrected chi connectivity index (χ4v) is 4.38. The van der Waals surface area contributed by atoms with Crippen LogP contribution in [0.2, 0.25) is 0 Å². The number of nitrogens with zero attached hydrogens (tertiary/aromatic N) is 1. The molecule has 1 N–H and O–H groups in total. The van der Waals surface area contributed by atoms with Gasteiger partial charge >= 0.3 is 0 Å². The first kappa shape index (κ1) is 18.3. The lowest BCUT2D eigenvalue weighted by atomic mass is 9.98. The monoisotopic (exact) mass is 389 g/mol. The molecule has 0 saturated carbocycles. The Labute approximate surface area is 176 Å². The molecule has 0 unspecified atom stereocenters. The maximum atomic E-state index is 9.73. The Kier molecular flexibility index (Phi) is 4.61. The summed E-state index contributed by atoms with van der Waals surface area (Å²) in [5.74, 6) is 0.286. The zero-order valence-electron chi connectivity index (χ0n) is 16.9. The first-order chi connectivity index (χ1) is 14.7. The SMILES string of the molecule is Cc1c(-c2ccccc2)n(Cc2ccccc2)c2cccc(-c3ccc(O)cc3)c12. The fraction of sp³-hybridized carbons (Fsp3) is 0.0714. The highest BCUT2D eigenvalue weighted by Crippen LogP contribution is 2.39. The van der Waals surface area contributed by atoms with E-state index in [-0.39, 0.29) is 5.75 Å². The van der Waals surface area contributed by atoms with Gasteiger partial charge in [0.15, 0.2) is 0 Å². The number of aromatic nitrogens is 1. The summed E-state index contributed by atoms with van der Waals surface area (Å²) in [5, 5.41) is 11.0. The highest BCUT2D eigenvalue weighted by atomic mass is 16.3. The van der Waals surface area contributed by atoms with Crippen molar-refractivity contribution in [1.82, 2.24) is 4.57 Å². The van der Waals surface area contributed by atoms with Crippen LogP contribution in [0.3, 0.4) is 0 Å². The van der Waals surface area contributed by atoms with Gasteiger partial charge in [0, 0.05) is 17.4 Å². The van der Waals surface area contributed by atoms with Crippen LogP contribution in [0, 0.1) is 6.92 Å². The van der Waals surface area contributed by atoms with Gasteiger partial charge in [-0.1, -0.05) is 84.9 Å². The van der Waals surface area contributed by atoms with Crippen molar-refractivity contribution in [1.29, 1.82) is 0 Å². The van der Waals surface area contributed by atoms with E-state index in [0.717, 1.165) is 12.1 Å². The van der Waals surface area contributed by atoms with Crippen molar-refractivity contribution in [3.8, 4) is 28.1 Å². The Bertz CT molecular complexity index is 1300. The van der Waals surface area contributed by atoms with Crippen LogP contribution in [0.25, 0.3) is 33.3 Å². The van der Waals surface area contributed by atoms with E-state index in [9.17, 15) is 5.11 Å². The van der Waals surface area contributed by atoms with Crippen molar-refractivity contribution < 1.29 is 5.11 Å². The smallest absolute Gasteiger partial charge is 0.115 e. The number of aryl methyl sites for hydroxylation is 1. The summed E-state index contributed by atoms with van der Waals surface area (Å²) < 4.78 is 2.43. The second kappa shape index (κ2) is 7.57. The summed E-state index contributed by atoms with van der Waals surface area (Å²) in [6, 6.07) is 35.2. The van der Waals surface area contributed by atoms with Gasteiger partial charge in [0.05, 0.1) is 5.69 Å². The molecule has 0 aliphatic heterocycles. The van der Waals surface area contributed by atoms with Crippen LogP contribution in [0.4, 0.5) is 0 Å². The molecule has 0 atom stereocenters. The minimum Gasteiger partial charge on any atom is -0.508 e.